The number of hydrogen-bond donors (Lipinski definition) is 0. The van der Waals surface area contributed by atoms with Crippen LogP contribution in [-0.4, -0.2) is 89.6 Å². The molecule has 0 aliphatic carbocycles. The Morgan fingerprint density at radius 3 is 1.82 bits per heavy atom. The van der Waals surface area contributed by atoms with Crippen molar-refractivity contribution >= 4 is 44.5 Å². The van der Waals surface area contributed by atoms with Gasteiger partial charge >= 0.3 is 0 Å². The molecule has 57 heavy (non-hydrogen) atoms. The number of Topliss-reactive ketones (excluding diaryl/α,β-unsaturated/α-hetero) is 2. The maximum atomic E-state index is 12.4. The van der Waals surface area contributed by atoms with E-state index in [1.54, 1.807) is 0 Å². The summed E-state index contributed by atoms with van der Waals surface area (Å²) < 4.78 is 5.71. The number of ether oxygens (including phenoxy) is 1. The normalized spacial score (nSPS) is 18.8. The van der Waals surface area contributed by atoms with Crippen molar-refractivity contribution < 1.29 is 19.1 Å². The summed E-state index contributed by atoms with van der Waals surface area (Å²) in [6.45, 7) is 43.4. The first-order chi connectivity index (χ1) is 25.5. The van der Waals surface area contributed by atoms with Gasteiger partial charge in [-0.2, -0.15) is 27.0 Å². The lowest BCUT2D eigenvalue weighted by molar-refractivity contribution is -0.135. The van der Waals surface area contributed by atoms with Gasteiger partial charge in [0, 0.05) is 68.5 Å². The maximum absolute atomic E-state index is 12.4. The Balaban J connectivity index is 0. The van der Waals surface area contributed by atoms with E-state index >= 15 is 0 Å². The number of nitrogens with zero attached hydrogens (tertiary/aromatic N) is 3. The van der Waals surface area contributed by atoms with E-state index in [-0.39, 0.29) is 44.7 Å². The Kier molecular flexibility index (Phi) is 28.8. The number of piperidine rings is 1. The largest absolute Gasteiger partial charge is 0.493 e. The molecule has 7 nitrogen and oxygen atoms in total. The van der Waals surface area contributed by atoms with Crippen LogP contribution in [0.15, 0.2) is 36.4 Å². The monoisotopic (exact) mass is 836 g/mol. The van der Waals surface area contributed by atoms with E-state index in [1.165, 1.54) is 17.6 Å². The molecule has 2 fully saturated rings. The second-order valence-corrected chi connectivity index (χ2v) is 19.2. The summed E-state index contributed by atoms with van der Waals surface area (Å²) in [5.41, 5.74) is 2.54. The third kappa shape index (κ3) is 21.9. The summed E-state index contributed by atoms with van der Waals surface area (Å²) >= 11 is 0. The third-order valence-electron chi connectivity index (χ3n) is 10.7. The van der Waals surface area contributed by atoms with Gasteiger partial charge in [0.05, 0.1) is 13.2 Å². The number of piperazine rings is 1. The van der Waals surface area contributed by atoms with Crippen LogP contribution in [0.1, 0.15) is 136 Å². The summed E-state index contributed by atoms with van der Waals surface area (Å²) in [5.74, 6) is 5.06. The predicted octanol–water partition coefficient (Wildman–Crippen LogP) is 10.5. The zero-order valence-corrected chi connectivity index (χ0v) is 41.4. The molecule has 2 heterocycles. The molecule has 2 aliphatic heterocycles. The third-order valence-corrected chi connectivity index (χ3v) is 10.7. The molecular formula is C48H89N3O4S2. The maximum Gasteiger partial charge on any atom is 0.222 e. The molecule has 3 rings (SSSR count). The molecule has 0 spiro atoms. The lowest BCUT2D eigenvalue weighted by Crippen LogP contribution is -2.60. The van der Waals surface area contributed by atoms with Gasteiger partial charge in [0.1, 0.15) is 17.3 Å². The summed E-state index contributed by atoms with van der Waals surface area (Å²) in [7, 11) is 0. The van der Waals surface area contributed by atoms with Crippen molar-refractivity contribution in [2.45, 2.75) is 155 Å². The minimum absolute atomic E-state index is 0. The molecule has 1 aromatic rings. The van der Waals surface area contributed by atoms with Crippen molar-refractivity contribution in [1.82, 2.24) is 14.7 Å². The second kappa shape index (κ2) is 28.6. The van der Waals surface area contributed by atoms with E-state index in [0.29, 0.717) is 78.2 Å². The van der Waals surface area contributed by atoms with Gasteiger partial charge in [0.25, 0.3) is 0 Å². The summed E-state index contributed by atoms with van der Waals surface area (Å²) in [5, 5.41) is 0. The average molecular weight is 836 g/mol. The lowest BCUT2D eigenvalue weighted by atomic mass is 9.82. The molecule has 0 radical (unpaired) electrons. The number of carbonyl (C=O) groups is 3. The molecule has 332 valence electrons. The van der Waals surface area contributed by atoms with E-state index in [4.69, 9.17) is 4.74 Å². The van der Waals surface area contributed by atoms with Gasteiger partial charge in [-0.15, -0.1) is 0 Å². The van der Waals surface area contributed by atoms with Crippen molar-refractivity contribution in [3.05, 3.63) is 42.0 Å². The molecule has 0 aromatic heterocycles. The van der Waals surface area contributed by atoms with Gasteiger partial charge < -0.3 is 9.64 Å². The van der Waals surface area contributed by atoms with Gasteiger partial charge in [0.2, 0.25) is 5.91 Å². The minimum Gasteiger partial charge on any atom is -0.493 e. The SMILES string of the molecule is C=C1C(C)CC(C)N2CCN(C(=O)CC(C)C)C[C@@H]12.CC(C)CN(CC(=O)C(C)C)C(C)C.CC(C)COc1ccc(C[C@H](CC(C)C)C(=O)C(C)C)cc1.S.S. The Bertz CT molecular complexity index is 1290. The topological polar surface area (TPSA) is 70.2 Å². The van der Waals surface area contributed by atoms with Crippen LogP contribution in [0.3, 0.4) is 0 Å². The highest BCUT2D eigenvalue weighted by atomic mass is 32.1. The first-order valence-corrected chi connectivity index (χ1v) is 21.8. The molecule has 2 unspecified atom stereocenters. The zero-order valence-electron chi connectivity index (χ0n) is 39.4. The fourth-order valence-electron chi connectivity index (χ4n) is 7.41. The highest BCUT2D eigenvalue weighted by Gasteiger charge is 2.39. The molecule has 0 saturated carbocycles. The van der Waals surface area contributed by atoms with Crippen LogP contribution in [0.25, 0.3) is 0 Å². The number of ketones is 2. The minimum atomic E-state index is 0. The summed E-state index contributed by atoms with van der Waals surface area (Å²) in [6, 6.07) is 9.68. The molecule has 2 aliphatic rings. The molecule has 0 bridgehead atoms. The van der Waals surface area contributed by atoms with Gasteiger partial charge in [-0.3, -0.25) is 24.2 Å². The molecule has 0 N–H and O–H groups in total. The fraction of sp³-hybridized carbons (Fsp3) is 0.771. The van der Waals surface area contributed by atoms with Crippen molar-refractivity contribution in [2.75, 3.05) is 39.3 Å². The predicted molar refractivity (Wildman–Crippen MR) is 254 cm³/mol. The molecule has 9 heteroatoms. The Hall–Kier alpha value is -1.81. The summed E-state index contributed by atoms with van der Waals surface area (Å²) in [4.78, 5) is 43.1. The standard InChI is InChI=1S/C20H32O2.C16H28N2O.C12H25NO.2H2S/c1-14(2)11-18(20(21)16(5)6)12-17-7-9-19(10-8-17)22-13-15(3)4;1-11(2)8-16(19)17-6-7-18-13(4)9-12(3)14(5)15(18)10-17;1-9(2)7-13(11(5)6)8-12(14)10(3)4;;/h7-10,14-16,18H,11-13H2,1-6H3;11-13,15H,5-10H2,1-4H3;9-11H,7-8H2,1-6H3;2*1H2/t18-;12?,13?,15-;;;/m00.../s1. The van der Waals surface area contributed by atoms with Crippen LogP contribution < -0.4 is 4.74 Å². The number of benzene rings is 1. The van der Waals surface area contributed by atoms with Gasteiger partial charge in [-0.25, -0.2) is 0 Å². The zero-order chi connectivity index (χ0) is 42.2. The Morgan fingerprint density at radius 1 is 0.789 bits per heavy atom. The Morgan fingerprint density at radius 2 is 1.37 bits per heavy atom. The first-order valence-electron chi connectivity index (χ1n) is 21.8. The average Bonchev–Trinajstić information content (AvgIpc) is 3.08. The van der Waals surface area contributed by atoms with Crippen LogP contribution in [0.2, 0.25) is 0 Å². The van der Waals surface area contributed by atoms with E-state index in [0.717, 1.165) is 51.4 Å². The Labute approximate surface area is 365 Å². The van der Waals surface area contributed by atoms with E-state index in [2.05, 4.69) is 116 Å². The molecule has 1 amide bonds. The van der Waals surface area contributed by atoms with Crippen LogP contribution in [0, 0.1) is 47.3 Å². The molecule has 1 aromatic carbocycles. The quantitative estimate of drug-likeness (QED) is 0.146. The van der Waals surface area contributed by atoms with Crippen molar-refractivity contribution in [2.24, 2.45) is 47.3 Å². The fourth-order valence-corrected chi connectivity index (χ4v) is 7.41. The summed E-state index contributed by atoms with van der Waals surface area (Å²) in [6.07, 6.45) is 3.67. The number of rotatable bonds is 17. The second-order valence-electron chi connectivity index (χ2n) is 19.2. The first kappa shape index (κ1) is 57.3. The van der Waals surface area contributed by atoms with Gasteiger partial charge in [-0.05, 0) is 87.3 Å². The molecule has 4 atom stereocenters. The van der Waals surface area contributed by atoms with Crippen LogP contribution in [0.4, 0.5) is 0 Å². The van der Waals surface area contributed by atoms with Crippen molar-refractivity contribution in [1.29, 1.82) is 0 Å². The molecular weight excluding hydrogens is 747 g/mol. The van der Waals surface area contributed by atoms with Crippen molar-refractivity contribution in [3.8, 4) is 5.75 Å². The number of hydrogen-bond acceptors (Lipinski definition) is 6. The highest BCUT2D eigenvalue weighted by molar-refractivity contribution is 7.59. The lowest BCUT2D eigenvalue weighted by Gasteiger charge is -2.50. The number of carbonyl (C=O) groups excluding carboxylic acids is 3. The van der Waals surface area contributed by atoms with Gasteiger partial charge in [-0.1, -0.05) is 114 Å². The number of fused-ring (bicyclic) bond motifs is 1. The van der Waals surface area contributed by atoms with E-state index < -0.39 is 0 Å². The van der Waals surface area contributed by atoms with E-state index in [9.17, 15) is 14.4 Å². The van der Waals surface area contributed by atoms with Crippen LogP contribution in [0.5, 0.6) is 5.75 Å². The van der Waals surface area contributed by atoms with E-state index in [1.807, 2.05) is 39.8 Å². The van der Waals surface area contributed by atoms with Crippen LogP contribution >= 0.6 is 27.0 Å². The number of amides is 1. The highest BCUT2D eigenvalue weighted by Crippen LogP contribution is 2.33. The van der Waals surface area contributed by atoms with Gasteiger partial charge in [0.15, 0.2) is 0 Å². The van der Waals surface area contributed by atoms with Crippen LogP contribution in [-0.2, 0) is 20.8 Å². The van der Waals surface area contributed by atoms with Crippen molar-refractivity contribution in [3.63, 3.8) is 0 Å². The smallest absolute Gasteiger partial charge is 0.222 e. The molecule has 2 saturated heterocycles.